The number of hydrogen-bond donors (Lipinski definition) is 2. The zero-order chi connectivity index (χ0) is 13.8. The van der Waals surface area contributed by atoms with Gasteiger partial charge in [-0.3, -0.25) is 4.79 Å². The van der Waals surface area contributed by atoms with Gasteiger partial charge in [0, 0.05) is 12.4 Å². The number of carbonyl (C=O) groups excluding carboxylic acids is 1. The molecule has 98 valence electrons. The number of rotatable bonds is 4. The predicted molar refractivity (Wildman–Crippen MR) is 69.0 cm³/mol. The third-order valence-corrected chi connectivity index (χ3v) is 2.63. The van der Waals surface area contributed by atoms with Crippen LogP contribution in [-0.4, -0.2) is 26.5 Å². The number of nitrogens with zero attached hydrogens (tertiary/aromatic N) is 2. The summed E-state index contributed by atoms with van der Waals surface area (Å²) < 4.78 is 1.37. The molecule has 0 fully saturated rings. The topological polar surface area (TPSA) is 84.2 Å². The van der Waals surface area contributed by atoms with E-state index in [0.29, 0.717) is 5.82 Å². The lowest BCUT2D eigenvalue weighted by atomic mass is 10.3. The molecular weight excluding hydrogens is 246 g/mol. The van der Waals surface area contributed by atoms with E-state index in [1.807, 2.05) is 13.0 Å². The molecule has 0 atom stereocenters. The molecular formula is C13H13N3O3. The lowest BCUT2D eigenvalue weighted by Gasteiger charge is -2.08. The molecule has 2 aromatic heterocycles. The molecule has 0 aliphatic carbocycles. The number of hydrogen-bond acceptors (Lipinski definition) is 3. The van der Waals surface area contributed by atoms with E-state index >= 15 is 0 Å². The van der Waals surface area contributed by atoms with Gasteiger partial charge in [-0.2, -0.15) is 0 Å². The lowest BCUT2D eigenvalue weighted by Crippen LogP contribution is -2.21. The van der Waals surface area contributed by atoms with Crippen LogP contribution in [-0.2, 0) is 11.3 Å². The first-order valence-electron chi connectivity index (χ1n) is 5.68. The molecule has 0 aliphatic rings. The molecule has 0 aromatic carbocycles. The maximum atomic E-state index is 11.8. The molecule has 1 amide bonds. The van der Waals surface area contributed by atoms with Crippen LogP contribution in [0.25, 0.3) is 0 Å². The van der Waals surface area contributed by atoms with E-state index < -0.39 is 5.97 Å². The summed E-state index contributed by atoms with van der Waals surface area (Å²) in [7, 11) is 0. The maximum Gasteiger partial charge on any atom is 0.352 e. The molecule has 0 unspecified atom stereocenters. The fraction of sp³-hybridized carbons (Fsp3) is 0.154. The van der Waals surface area contributed by atoms with Gasteiger partial charge in [-0.05, 0) is 30.7 Å². The minimum absolute atomic E-state index is 0.0648. The molecule has 2 aromatic rings. The van der Waals surface area contributed by atoms with E-state index in [9.17, 15) is 9.59 Å². The molecule has 0 radical (unpaired) electrons. The number of anilines is 1. The van der Waals surface area contributed by atoms with Crippen LogP contribution in [0.2, 0.25) is 0 Å². The Hall–Kier alpha value is -2.63. The molecule has 0 spiro atoms. The number of aromatic carboxylic acids is 1. The van der Waals surface area contributed by atoms with Gasteiger partial charge in [-0.25, -0.2) is 9.78 Å². The maximum absolute atomic E-state index is 11.8. The fourth-order valence-corrected chi connectivity index (χ4v) is 1.69. The Labute approximate surface area is 109 Å². The number of carboxylic acids is 1. The zero-order valence-electron chi connectivity index (χ0n) is 10.3. The summed E-state index contributed by atoms with van der Waals surface area (Å²) in [5.41, 5.74) is 0.926. The third kappa shape index (κ3) is 2.98. The smallest absolute Gasteiger partial charge is 0.352 e. The minimum Gasteiger partial charge on any atom is -0.477 e. The van der Waals surface area contributed by atoms with Gasteiger partial charge in [0.05, 0.1) is 0 Å². The summed E-state index contributed by atoms with van der Waals surface area (Å²) in [6.45, 7) is 1.77. The van der Waals surface area contributed by atoms with Crippen molar-refractivity contribution in [3.63, 3.8) is 0 Å². The van der Waals surface area contributed by atoms with E-state index in [1.54, 1.807) is 24.5 Å². The van der Waals surface area contributed by atoms with Crippen LogP contribution in [0.1, 0.15) is 16.1 Å². The Morgan fingerprint density at radius 1 is 1.37 bits per heavy atom. The number of aromatic nitrogens is 2. The van der Waals surface area contributed by atoms with Crippen LogP contribution in [0.4, 0.5) is 5.82 Å². The Bertz CT molecular complexity index is 619. The van der Waals surface area contributed by atoms with Crippen molar-refractivity contribution in [2.75, 3.05) is 5.32 Å². The molecule has 2 heterocycles. The average molecular weight is 259 g/mol. The number of aryl methyl sites for hydroxylation is 1. The molecule has 6 nitrogen and oxygen atoms in total. The number of pyridine rings is 1. The molecule has 0 bridgehead atoms. The number of amides is 1. The Morgan fingerprint density at radius 2 is 2.16 bits per heavy atom. The Balaban J connectivity index is 2.08. The van der Waals surface area contributed by atoms with Gasteiger partial charge in [0.15, 0.2) is 0 Å². The normalized spacial score (nSPS) is 10.2. The van der Waals surface area contributed by atoms with Crippen molar-refractivity contribution in [2.24, 2.45) is 0 Å². The van der Waals surface area contributed by atoms with Gasteiger partial charge in [0.1, 0.15) is 18.1 Å². The highest BCUT2D eigenvalue weighted by atomic mass is 16.4. The molecule has 2 N–H and O–H groups in total. The predicted octanol–water partition coefficient (Wildman–Crippen LogP) is 1.53. The van der Waals surface area contributed by atoms with Crippen molar-refractivity contribution >= 4 is 17.7 Å². The van der Waals surface area contributed by atoms with E-state index in [1.165, 1.54) is 10.6 Å². The van der Waals surface area contributed by atoms with E-state index in [2.05, 4.69) is 10.3 Å². The van der Waals surface area contributed by atoms with E-state index in [0.717, 1.165) is 5.56 Å². The quantitative estimate of drug-likeness (QED) is 0.872. The van der Waals surface area contributed by atoms with Crippen molar-refractivity contribution in [3.8, 4) is 0 Å². The number of carboxylic acid groups (broad SMARTS) is 1. The summed E-state index contributed by atoms with van der Waals surface area (Å²) in [6.07, 6.45) is 3.13. The van der Waals surface area contributed by atoms with Gasteiger partial charge in [0.25, 0.3) is 0 Å². The van der Waals surface area contributed by atoms with E-state index in [4.69, 9.17) is 5.11 Å². The molecule has 6 heteroatoms. The summed E-state index contributed by atoms with van der Waals surface area (Å²) in [4.78, 5) is 26.8. The number of carbonyl (C=O) groups is 2. The van der Waals surface area contributed by atoms with Crippen LogP contribution in [0, 0.1) is 6.92 Å². The Kier molecular flexibility index (Phi) is 3.61. The van der Waals surface area contributed by atoms with Crippen LogP contribution in [0.5, 0.6) is 0 Å². The van der Waals surface area contributed by atoms with Gasteiger partial charge >= 0.3 is 5.97 Å². The van der Waals surface area contributed by atoms with Crippen molar-refractivity contribution in [3.05, 3.63) is 47.9 Å². The van der Waals surface area contributed by atoms with Crippen molar-refractivity contribution in [1.29, 1.82) is 0 Å². The van der Waals surface area contributed by atoms with Gasteiger partial charge < -0.3 is 15.0 Å². The highest BCUT2D eigenvalue weighted by molar-refractivity contribution is 5.91. The molecule has 19 heavy (non-hydrogen) atoms. The average Bonchev–Trinajstić information content (AvgIpc) is 2.80. The van der Waals surface area contributed by atoms with Crippen LogP contribution < -0.4 is 5.32 Å². The SMILES string of the molecule is Cc1cccnc1NC(=O)Cn1cccc1C(=O)O. The summed E-state index contributed by atoms with van der Waals surface area (Å²) >= 11 is 0. The second-order valence-corrected chi connectivity index (χ2v) is 4.04. The summed E-state index contributed by atoms with van der Waals surface area (Å²) in [6, 6.07) is 6.64. The fourth-order valence-electron chi connectivity index (χ4n) is 1.69. The molecule has 0 aliphatic heterocycles. The van der Waals surface area contributed by atoms with Crippen LogP contribution in [0.15, 0.2) is 36.7 Å². The summed E-state index contributed by atoms with van der Waals surface area (Å²) in [5, 5.41) is 11.6. The van der Waals surface area contributed by atoms with Crippen molar-refractivity contribution in [2.45, 2.75) is 13.5 Å². The Morgan fingerprint density at radius 3 is 2.84 bits per heavy atom. The molecule has 0 saturated heterocycles. The summed E-state index contributed by atoms with van der Waals surface area (Å²) in [5.74, 6) is -0.899. The van der Waals surface area contributed by atoms with Gasteiger partial charge in [-0.15, -0.1) is 0 Å². The minimum atomic E-state index is -1.06. The van der Waals surface area contributed by atoms with Crippen LogP contribution in [0.3, 0.4) is 0 Å². The standard InChI is InChI=1S/C13H13N3O3/c1-9-4-2-6-14-12(9)15-11(17)8-16-7-3-5-10(16)13(18)19/h2-7H,8H2,1H3,(H,18,19)(H,14,15,17). The first-order valence-corrected chi connectivity index (χ1v) is 5.68. The van der Waals surface area contributed by atoms with Gasteiger partial charge in [-0.1, -0.05) is 6.07 Å². The monoisotopic (exact) mass is 259 g/mol. The zero-order valence-corrected chi connectivity index (χ0v) is 10.3. The third-order valence-electron chi connectivity index (χ3n) is 2.63. The largest absolute Gasteiger partial charge is 0.477 e. The first kappa shape index (κ1) is 12.8. The second-order valence-electron chi connectivity index (χ2n) is 4.04. The van der Waals surface area contributed by atoms with Crippen molar-refractivity contribution < 1.29 is 14.7 Å². The highest BCUT2D eigenvalue weighted by Gasteiger charge is 2.12. The van der Waals surface area contributed by atoms with Crippen molar-refractivity contribution in [1.82, 2.24) is 9.55 Å². The number of nitrogens with one attached hydrogen (secondary N) is 1. The molecule has 2 rings (SSSR count). The van der Waals surface area contributed by atoms with Gasteiger partial charge in [0.2, 0.25) is 5.91 Å². The lowest BCUT2D eigenvalue weighted by molar-refractivity contribution is -0.116. The second kappa shape index (κ2) is 5.34. The van der Waals surface area contributed by atoms with E-state index in [-0.39, 0.29) is 18.1 Å². The highest BCUT2D eigenvalue weighted by Crippen LogP contribution is 2.09. The molecule has 0 saturated carbocycles. The first-order chi connectivity index (χ1) is 9.08. The van der Waals surface area contributed by atoms with Crippen LogP contribution >= 0.6 is 0 Å².